The van der Waals surface area contributed by atoms with Gasteiger partial charge in [0.25, 0.3) is 0 Å². The first-order valence-electron chi connectivity index (χ1n) is 5.17. The van der Waals surface area contributed by atoms with E-state index >= 15 is 0 Å². The zero-order valence-electron chi connectivity index (χ0n) is 9.26. The van der Waals surface area contributed by atoms with Crippen LogP contribution in [-0.2, 0) is 13.1 Å². The van der Waals surface area contributed by atoms with Crippen LogP contribution in [-0.4, -0.2) is 16.7 Å². The molecule has 0 aromatic carbocycles. The van der Waals surface area contributed by atoms with E-state index in [1.54, 1.807) is 13.3 Å². The summed E-state index contributed by atoms with van der Waals surface area (Å²) in [4.78, 5) is 4.17. The lowest BCUT2D eigenvalue weighted by molar-refractivity contribution is 0.391. The van der Waals surface area contributed by atoms with Gasteiger partial charge in [-0.25, -0.2) is 4.98 Å². The van der Waals surface area contributed by atoms with E-state index in [0.29, 0.717) is 12.4 Å². The second kappa shape index (κ2) is 4.81. The van der Waals surface area contributed by atoms with Crippen molar-refractivity contribution in [3.63, 3.8) is 0 Å². The molecule has 16 heavy (non-hydrogen) atoms. The fraction of sp³-hybridized carbons (Fsp3) is 0.250. The number of nitrogens with two attached hydrogens (primary N) is 1. The highest BCUT2D eigenvalue weighted by Gasteiger charge is 2.05. The van der Waals surface area contributed by atoms with E-state index in [9.17, 15) is 0 Å². The van der Waals surface area contributed by atoms with Crippen LogP contribution >= 0.6 is 0 Å². The molecule has 2 aromatic heterocycles. The number of pyridine rings is 1. The van der Waals surface area contributed by atoms with Gasteiger partial charge in [0.1, 0.15) is 0 Å². The number of aromatic nitrogens is 2. The Labute approximate surface area is 94.7 Å². The van der Waals surface area contributed by atoms with E-state index in [1.807, 2.05) is 30.5 Å². The largest absolute Gasteiger partial charge is 0.481 e. The van der Waals surface area contributed by atoms with Gasteiger partial charge in [-0.3, -0.25) is 0 Å². The Bertz CT molecular complexity index is 465. The number of hydrogen-bond donors (Lipinski definition) is 1. The van der Waals surface area contributed by atoms with Gasteiger partial charge in [-0.1, -0.05) is 6.07 Å². The Morgan fingerprint density at radius 2 is 2.25 bits per heavy atom. The second-order valence-corrected chi connectivity index (χ2v) is 3.50. The third-order valence-electron chi connectivity index (χ3n) is 2.52. The number of methoxy groups -OCH3 is 1. The van der Waals surface area contributed by atoms with E-state index in [4.69, 9.17) is 10.5 Å². The SMILES string of the molecule is COc1ncccc1Cn1cccc1CN. The summed E-state index contributed by atoms with van der Waals surface area (Å²) in [5, 5.41) is 0. The molecule has 0 aliphatic heterocycles. The minimum absolute atomic E-state index is 0.537. The van der Waals surface area contributed by atoms with Gasteiger partial charge in [0, 0.05) is 30.2 Å². The molecule has 0 saturated carbocycles. The predicted molar refractivity (Wildman–Crippen MR) is 62.2 cm³/mol. The number of rotatable bonds is 4. The van der Waals surface area contributed by atoms with Crippen molar-refractivity contribution in [3.8, 4) is 5.88 Å². The molecule has 4 heteroatoms. The maximum atomic E-state index is 5.65. The molecule has 0 spiro atoms. The Morgan fingerprint density at radius 3 is 3.00 bits per heavy atom. The van der Waals surface area contributed by atoms with Crippen molar-refractivity contribution in [1.29, 1.82) is 0 Å². The molecule has 0 radical (unpaired) electrons. The van der Waals surface area contributed by atoms with Crippen LogP contribution in [0.15, 0.2) is 36.7 Å². The normalized spacial score (nSPS) is 10.4. The first-order chi connectivity index (χ1) is 7.85. The lowest BCUT2D eigenvalue weighted by atomic mass is 10.2. The number of nitrogens with zero attached hydrogens (tertiary/aromatic N) is 2. The summed E-state index contributed by atoms with van der Waals surface area (Å²) in [5.41, 5.74) is 7.81. The van der Waals surface area contributed by atoms with Crippen LogP contribution in [0.4, 0.5) is 0 Å². The van der Waals surface area contributed by atoms with Crippen molar-refractivity contribution >= 4 is 0 Å². The van der Waals surface area contributed by atoms with Gasteiger partial charge < -0.3 is 15.0 Å². The Kier molecular flexibility index (Phi) is 3.22. The van der Waals surface area contributed by atoms with E-state index in [2.05, 4.69) is 9.55 Å². The summed E-state index contributed by atoms with van der Waals surface area (Å²) in [6.45, 7) is 1.27. The average molecular weight is 217 g/mol. The fourth-order valence-corrected chi connectivity index (χ4v) is 1.70. The van der Waals surface area contributed by atoms with E-state index in [0.717, 1.165) is 17.8 Å². The van der Waals surface area contributed by atoms with E-state index in [1.165, 1.54) is 0 Å². The quantitative estimate of drug-likeness (QED) is 0.842. The minimum Gasteiger partial charge on any atom is -0.481 e. The third kappa shape index (κ3) is 2.06. The summed E-state index contributed by atoms with van der Waals surface area (Å²) in [6.07, 6.45) is 3.73. The minimum atomic E-state index is 0.537. The van der Waals surface area contributed by atoms with E-state index < -0.39 is 0 Å². The number of ether oxygens (including phenoxy) is 1. The molecule has 0 aliphatic rings. The lowest BCUT2D eigenvalue weighted by Gasteiger charge is -2.10. The molecule has 0 amide bonds. The van der Waals surface area contributed by atoms with Crippen molar-refractivity contribution in [2.45, 2.75) is 13.1 Å². The Hall–Kier alpha value is -1.81. The van der Waals surface area contributed by atoms with Crippen molar-refractivity contribution in [2.24, 2.45) is 5.73 Å². The average Bonchev–Trinajstić information content (AvgIpc) is 2.77. The maximum absolute atomic E-state index is 5.65. The van der Waals surface area contributed by atoms with Crippen LogP contribution in [0.25, 0.3) is 0 Å². The third-order valence-corrected chi connectivity index (χ3v) is 2.52. The molecule has 0 atom stereocenters. The van der Waals surface area contributed by atoms with Crippen molar-refractivity contribution in [2.75, 3.05) is 7.11 Å². The summed E-state index contributed by atoms with van der Waals surface area (Å²) in [5.74, 6) is 0.666. The highest BCUT2D eigenvalue weighted by Crippen LogP contribution is 2.16. The highest BCUT2D eigenvalue weighted by atomic mass is 16.5. The summed E-state index contributed by atoms with van der Waals surface area (Å²) >= 11 is 0. The smallest absolute Gasteiger partial charge is 0.218 e. The molecule has 0 unspecified atom stereocenters. The molecule has 84 valence electrons. The first-order valence-corrected chi connectivity index (χ1v) is 5.17. The van der Waals surface area contributed by atoms with Crippen molar-refractivity contribution in [3.05, 3.63) is 47.9 Å². The summed E-state index contributed by atoms with van der Waals surface area (Å²) < 4.78 is 7.31. The topological polar surface area (TPSA) is 53.1 Å². The molecule has 2 rings (SSSR count). The molecule has 4 nitrogen and oxygen atoms in total. The van der Waals surface area contributed by atoms with Gasteiger partial charge in [-0.05, 0) is 18.2 Å². The van der Waals surface area contributed by atoms with Crippen LogP contribution in [0.3, 0.4) is 0 Å². The second-order valence-electron chi connectivity index (χ2n) is 3.50. The molecule has 0 fully saturated rings. The van der Waals surface area contributed by atoms with E-state index in [-0.39, 0.29) is 0 Å². The molecular weight excluding hydrogens is 202 g/mol. The molecule has 0 saturated heterocycles. The zero-order valence-corrected chi connectivity index (χ0v) is 9.26. The molecule has 2 aromatic rings. The van der Waals surface area contributed by atoms with Gasteiger partial charge in [-0.2, -0.15) is 0 Å². The lowest BCUT2D eigenvalue weighted by Crippen LogP contribution is -2.08. The van der Waals surface area contributed by atoms with Gasteiger partial charge >= 0.3 is 0 Å². The Morgan fingerprint density at radius 1 is 1.38 bits per heavy atom. The van der Waals surface area contributed by atoms with Crippen molar-refractivity contribution in [1.82, 2.24) is 9.55 Å². The van der Waals surface area contributed by atoms with Crippen LogP contribution in [0.1, 0.15) is 11.3 Å². The molecule has 0 aliphatic carbocycles. The zero-order chi connectivity index (χ0) is 11.4. The van der Waals surface area contributed by atoms with Gasteiger partial charge in [0.2, 0.25) is 5.88 Å². The van der Waals surface area contributed by atoms with Crippen LogP contribution < -0.4 is 10.5 Å². The molecule has 0 bridgehead atoms. The van der Waals surface area contributed by atoms with Gasteiger partial charge in [0.05, 0.1) is 13.7 Å². The van der Waals surface area contributed by atoms with Crippen LogP contribution in [0.2, 0.25) is 0 Å². The molecular formula is C12H15N3O. The maximum Gasteiger partial charge on any atom is 0.218 e. The summed E-state index contributed by atoms with van der Waals surface area (Å²) in [7, 11) is 1.63. The standard InChI is InChI=1S/C12H15N3O/c1-16-12-10(4-2-6-14-12)9-15-7-3-5-11(15)8-13/h2-7H,8-9,13H2,1H3. The highest BCUT2D eigenvalue weighted by molar-refractivity contribution is 5.26. The van der Waals surface area contributed by atoms with Crippen LogP contribution in [0, 0.1) is 0 Å². The summed E-state index contributed by atoms with van der Waals surface area (Å²) in [6, 6.07) is 7.92. The number of hydrogen-bond acceptors (Lipinski definition) is 3. The Balaban J connectivity index is 2.26. The molecule has 2 N–H and O–H groups in total. The molecule has 2 heterocycles. The van der Waals surface area contributed by atoms with Gasteiger partial charge in [0.15, 0.2) is 0 Å². The van der Waals surface area contributed by atoms with Crippen molar-refractivity contribution < 1.29 is 4.74 Å². The van der Waals surface area contributed by atoms with Crippen LogP contribution in [0.5, 0.6) is 5.88 Å². The monoisotopic (exact) mass is 217 g/mol. The fourth-order valence-electron chi connectivity index (χ4n) is 1.70. The first kappa shape index (κ1) is 10.7. The predicted octanol–water partition coefficient (Wildman–Crippen LogP) is 1.40. The van der Waals surface area contributed by atoms with Gasteiger partial charge in [-0.15, -0.1) is 0 Å².